The summed E-state index contributed by atoms with van der Waals surface area (Å²) in [5.74, 6) is -4.41. The van der Waals surface area contributed by atoms with E-state index in [1.807, 2.05) is 27.7 Å². The number of nitrogens with zero attached hydrogens (tertiary/aromatic N) is 1. The first-order chi connectivity index (χ1) is 11.9. The first-order valence-electron chi connectivity index (χ1n) is 8.74. The molecule has 0 radical (unpaired) electrons. The summed E-state index contributed by atoms with van der Waals surface area (Å²) in [4.78, 5) is 13.4. The van der Waals surface area contributed by atoms with Gasteiger partial charge in [0.1, 0.15) is 5.82 Å². The van der Waals surface area contributed by atoms with E-state index < -0.39 is 42.5 Å². The zero-order valence-corrected chi connectivity index (χ0v) is 15.4. The lowest BCUT2D eigenvalue weighted by Crippen LogP contribution is -2.46. The molecular formula is C18H23BF3NO3. The van der Waals surface area contributed by atoms with Crippen LogP contribution in [0.15, 0.2) is 18.2 Å². The molecule has 0 N–H and O–H groups in total. The van der Waals surface area contributed by atoms with E-state index in [4.69, 9.17) is 9.31 Å². The minimum Gasteiger partial charge on any atom is -0.399 e. The highest BCUT2D eigenvalue weighted by atomic mass is 19.3. The summed E-state index contributed by atoms with van der Waals surface area (Å²) in [6, 6.07) is 4.03. The maximum absolute atomic E-state index is 14.5. The van der Waals surface area contributed by atoms with E-state index in [2.05, 4.69) is 0 Å². The number of hydrogen-bond donors (Lipinski definition) is 0. The fraction of sp³-hybridized carbons (Fsp3) is 0.611. The summed E-state index contributed by atoms with van der Waals surface area (Å²) in [7, 11) is -0.752. The van der Waals surface area contributed by atoms with Crippen molar-refractivity contribution in [2.75, 3.05) is 13.1 Å². The van der Waals surface area contributed by atoms with Crippen molar-refractivity contribution in [3.05, 3.63) is 29.6 Å². The molecule has 0 aromatic heterocycles. The predicted molar refractivity (Wildman–Crippen MR) is 92.2 cm³/mol. The molecule has 0 saturated carbocycles. The highest BCUT2D eigenvalue weighted by Crippen LogP contribution is 2.36. The Labute approximate surface area is 151 Å². The molecule has 2 saturated heterocycles. The summed E-state index contributed by atoms with van der Waals surface area (Å²) in [5.41, 5.74) is -0.908. The van der Waals surface area contributed by atoms with Crippen LogP contribution in [0.1, 0.15) is 50.9 Å². The lowest BCUT2D eigenvalue weighted by molar-refractivity contribution is -0.0561. The largest absolute Gasteiger partial charge is 0.494 e. The molecule has 0 atom stereocenters. The van der Waals surface area contributed by atoms with Crippen LogP contribution in [0.25, 0.3) is 0 Å². The average Bonchev–Trinajstić information content (AvgIpc) is 2.73. The molecule has 4 nitrogen and oxygen atoms in total. The van der Waals surface area contributed by atoms with Gasteiger partial charge in [-0.15, -0.1) is 0 Å². The maximum Gasteiger partial charge on any atom is 0.494 e. The van der Waals surface area contributed by atoms with E-state index in [0.717, 1.165) is 4.90 Å². The van der Waals surface area contributed by atoms with E-state index in [0.29, 0.717) is 5.46 Å². The van der Waals surface area contributed by atoms with Gasteiger partial charge in [-0.25, -0.2) is 13.2 Å². The molecular weight excluding hydrogens is 346 g/mol. The van der Waals surface area contributed by atoms with Gasteiger partial charge in [-0.2, -0.15) is 0 Å². The molecule has 1 aromatic carbocycles. The predicted octanol–water partition coefficient (Wildman–Crippen LogP) is 3.00. The van der Waals surface area contributed by atoms with E-state index >= 15 is 0 Å². The molecule has 3 rings (SSSR count). The first kappa shape index (κ1) is 19.2. The smallest absolute Gasteiger partial charge is 0.399 e. The number of halogens is 3. The first-order valence-corrected chi connectivity index (χ1v) is 8.74. The van der Waals surface area contributed by atoms with Crippen LogP contribution < -0.4 is 5.46 Å². The number of carbonyl (C=O) groups is 1. The fourth-order valence-corrected chi connectivity index (χ4v) is 3.14. The van der Waals surface area contributed by atoms with Crippen molar-refractivity contribution in [3.8, 4) is 0 Å². The van der Waals surface area contributed by atoms with Gasteiger partial charge in [-0.3, -0.25) is 4.79 Å². The van der Waals surface area contributed by atoms with Gasteiger partial charge in [0.2, 0.25) is 0 Å². The van der Waals surface area contributed by atoms with Crippen LogP contribution in [0, 0.1) is 5.82 Å². The highest BCUT2D eigenvalue weighted by molar-refractivity contribution is 6.62. The molecule has 1 amide bonds. The van der Waals surface area contributed by atoms with Gasteiger partial charge in [-0.05, 0) is 51.7 Å². The Morgan fingerprint density at radius 2 is 1.77 bits per heavy atom. The second kappa shape index (κ2) is 6.27. The van der Waals surface area contributed by atoms with Gasteiger partial charge < -0.3 is 14.2 Å². The van der Waals surface area contributed by atoms with Crippen molar-refractivity contribution in [1.29, 1.82) is 0 Å². The molecule has 2 fully saturated rings. The second-order valence-electron chi connectivity index (χ2n) is 8.01. The summed E-state index contributed by atoms with van der Waals surface area (Å²) < 4.78 is 53.3. The molecule has 0 spiro atoms. The van der Waals surface area contributed by atoms with Crippen molar-refractivity contribution in [3.63, 3.8) is 0 Å². The number of alkyl halides is 2. The van der Waals surface area contributed by atoms with Crippen molar-refractivity contribution in [1.82, 2.24) is 4.90 Å². The van der Waals surface area contributed by atoms with Crippen LogP contribution in [0.4, 0.5) is 13.2 Å². The highest BCUT2D eigenvalue weighted by Gasteiger charge is 2.51. The van der Waals surface area contributed by atoms with Crippen LogP contribution in [0.5, 0.6) is 0 Å². The lowest BCUT2D eigenvalue weighted by Gasteiger charge is -2.32. The Morgan fingerprint density at radius 3 is 2.31 bits per heavy atom. The number of amides is 1. The molecule has 0 unspecified atom stereocenters. The maximum atomic E-state index is 14.5. The summed E-state index contributed by atoms with van der Waals surface area (Å²) in [6.07, 6.45) is -0.0491. The Kier molecular flexibility index (Phi) is 4.64. The van der Waals surface area contributed by atoms with Gasteiger partial charge in [0.25, 0.3) is 11.8 Å². The number of hydrogen-bond acceptors (Lipinski definition) is 3. The molecule has 0 bridgehead atoms. The Morgan fingerprint density at radius 1 is 1.15 bits per heavy atom. The monoisotopic (exact) mass is 369 g/mol. The van der Waals surface area contributed by atoms with Crippen molar-refractivity contribution in [2.45, 2.75) is 57.7 Å². The lowest BCUT2D eigenvalue weighted by atomic mass is 9.78. The van der Waals surface area contributed by atoms with Gasteiger partial charge in [-0.1, -0.05) is 6.07 Å². The third-order valence-electron chi connectivity index (χ3n) is 5.43. The van der Waals surface area contributed by atoms with Gasteiger partial charge >= 0.3 is 7.12 Å². The van der Waals surface area contributed by atoms with Crippen LogP contribution in [0.2, 0.25) is 0 Å². The van der Waals surface area contributed by atoms with Crippen LogP contribution >= 0.6 is 0 Å². The van der Waals surface area contributed by atoms with E-state index in [9.17, 15) is 18.0 Å². The SMILES string of the molecule is CC1(C)OB(c2ccc(C(=O)N3CCCC(F)(F)C3)c(F)c2)OC1(C)C. The number of benzene rings is 1. The summed E-state index contributed by atoms with van der Waals surface area (Å²) in [5, 5.41) is 0. The molecule has 26 heavy (non-hydrogen) atoms. The standard InChI is InChI=1S/C18H23BF3NO3/c1-16(2)17(3,4)26-19(25-16)12-6-7-13(14(20)10-12)15(24)23-9-5-8-18(21,22)11-23/h6-7,10H,5,8-9,11H2,1-4H3. The molecule has 2 aliphatic rings. The third kappa shape index (κ3) is 3.49. The van der Waals surface area contributed by atoms with E-state index in [1.165, 1.54) is 12.1 Å². The number of rotatable bonds is 2. The Balaban J connectivity index is 1.79. The van der Waals surface area contributed by atoms with Crippen molar-refractivity contribution >= 4 is 18.5 Å². The van der Waals surface area contributed by atoms with Gasteiger partial charge in [0.15, 0.2) is 0 Å². The van der Waals surface area contributed by atoms with E-state index in [-0.39, 0.29) is 24.9 Å². The van der Waals surface area contributed by atoms with Crippen LogP contribution in [-0.2, 0) is 9.31 Å². The number of piperidine rings is 1. The zero-order valence-electron chi connectivity index (χ0n) is 15.4. The molecule has 2 heterocycles. The topological polar surface area (TPSA) is 38.8 Å². The third-order valence-corrected chi connectivity index (χ3v) is 5.43. The van der Waals surface area contributed by atoms with Gasteiger partial charge in [0, 0.05) is 13.0 Å². The molecule has 0 aliphatic carbocycles. The Bertz CT molecular complexity index is 708. The van der Waals surface area contributed by atoms with Crippen LogP contribution in [0.3, 0.4) is 0 Å². The Hall–Kier alpha value is -1.54. The van der Waals surface area contributed by atoms with Gasteiger partial charge in [0.05, 0.1) is 23.3 Å². The minimum absolute atomic E-state index is 0.201. The van der Waals surface area contributed by atoms with Crippen molar-refractivity contribution in [2.24, 2.45) is 0 Å². The fourth-order valence-electron chi connectivity index (χ4n) is 3.14. The molecule has 2 aliphatic heterocycles. The summed E-state index contributed by atoms with van der Waals surface area (Å²) in [6.45, 7) is 7.07. The molecule has 142 valence electrons. The quantitative estimate of drug-likeness (QED) is 0.753. The van der Waals surface area contributed by atoms with E-state index in [1.54, 1.807) is 6.07 Å². The molecule has 1 aromatic rings. The number of likely N-dealkylation sites (tertiary alicyclic amines) is 1. The van der Waals surface area contributed by atoms with Crippen molar-refractivity contribution < 1.29 is 27.3 Å². The average molecular weight is 369 g/mol. The second-order valence-corrected chi connectivity index (χ2v) is 8.01. The zero-order chi connectivity index (χ0) is 19.3. The summed E-state index contributed by atoms with van der Waals surface area (Å²) >= 11 is 0. The minimum atomic E-state index is -2.92. The molecule has 8 heteroatoms. The van der Waals surface area contributed by atoms with Crippen LogP contribution in [-0.4, -0.2) is 48.1 Å². The normalized spacial score (nSPS) is 24.0. The number of carbonyl (C=O) groups excluding carboxylic acids is 1.